The standard InChI is InChI=1S/C12H21N3OS2/c1-5-10-9(2)18-11(13-10)14-12(16)15(3)7-6-8-17-4/h5-8H2,1-4H3,(H,13,14,16). The molecule has 0 aliphatic rings. The predicted molar refractivity (Wildman–Crippen MR) is 80.9 cm³/mol. The molecule has 1 heterocycles. The molecule has 0 unspecified atom stereocenters. The third-order valence-corrected chi connectivity index (χ3v) is 4.26. The van der Waals surface area contributed by atoms with Gasteiger partial charge in [-0.2, -0.15) is 11.8 Å². The van der Waals surface area contributed by atoms with Crippen molar-refractivity contribution in [2.24, 2.45) is 0 Å². The molecule has 0 spiro atoms. The van der Waals surface area contributed by atoms with Gasteiger partial charge in [-0.3, -0.25) is 5.32 Å². The molecule has 102 valence electrons. The molecule has 0 radical (unpaired) electrons. The van der Waals surface area contributed by atoms with Crippen LogP contribution in [0.4, 0.5) is 9.93 Å². The van der Waals surface area contributed by atoms with Gasteiger partial charge in [-0.25, -0.2) is 9.78 Å². The zero-order valence-electron chi connectivity index (χ0n) is 11.4. The van der Waals surface area contributed by atoms with Crippen LogP contribution in [0, 0.1) is 6.92 Å². The minimum atomic E-state index is -0.0764. The quantitative estimate of drug-likeness (QED) is 0.817. The second-order valence-electron chi connectivity index (χ2n) is 4.07. The van der Waals surface area contributed by atoms with Gasteiger partial charge in [0.15, 0.2) is 5.13 Å². The smallest absolute Gasteiger partial charge is 0.323 e. The third-order valence-electron chi connectivity index (χ3n) is 2.63. The molecule has 0 aliphatic carbocycles. The molecule has 0 aromatic carbocycles. The summed E-state index contributed by atoms with van der Waals surface area (Å²) in [5.74, 6) is 1.08. The summed E-state index contributed by atoms with van der Waals surface area (Å²) in [5.41, 5.74) is 1.07. The number of nitrogens with zero attached hydrogens (tertiary/aromatic N) is 2. The zero-order valence-corrected chi connectivity index (χ0v) is 13.1. The SMILES string of the molecule is CCc1nc(NC(=O)N(C)CCCSC)sc1C. The number of amides is 2. The van der Waals surface area contributed by atoms with Crippen LogP contribution in [0.5, 0.6) is 0 Å². The Kier molecular flexibility index (Phi) is 6.49. The summed E-state index contributed by atoms with van der Waals surface area (Å²) in [6.45, 7) is 4.88. The summed E-state index contributed by atoms with van der Waals surface area (Å²) in [4.78, 5) is 19.2. The summed E-state index contributed by atoms with van der Waals surface area (Å²) in [7, 11) is 1.82. The predicted octanol–water partition coefficient (Wildman–Crippen LogP) is 3.23. The average molecular weight is 287 g/mol. The van der Waals surface area contributed by atoms with Crippen LogP contribution in [0.3, 0.4) is 0 Å². The fourth-order valence-corrected chi connectivity index (χ4v) is 2.85. The van der Waals surface area contributed by atoms with Crippen LogP contribution in [0.1, 0.15) is 23.9 Å². The molecule has 0 atom stereocenters. The molecule has 1 aromatic heterocycles. The Morgan fingerprint density at radius 2 is 2.28 bits per heavy atom. The summed E-state index contributed by atoms with van der Waals surface area (Å²) in [5, 5.41) is 3.55. The van der Waals surface area contributed by atoms with E-state index >= 15 is 0 Å². The molecule has 6 heteroatoms. The van der Waals surface area contributed by atoms with Crippen molar-refractivity contribution in [3.8, 4) is 0 Å². The summed E-state index contributed by atoms with van der Waals surface area (Å²) < 4.78 is 0. The number of carbonyl (C=O) groups is 1. The lowest BCUT2D eigenvalue weighted by Crippen LogP contribution is -2.32. The number of rotatable bonds is 6. The van der Waals surface area contributed by atoms with Gasteiger partial charge in [-0.1, -0.05) is 6.92 Å². The highest BCUT2D eigenvalue weighted by atomic mass is 32.2. The number of carbonyl (C=O) groups excluding carboxylic acids is 1. The van der Waals surface area contributed by atoms with Gasteiger partial charge in [0, 0.05) is 18.5 Å². The van der Waals surface area contributed by atoms with Crippen molar-refractivity contribution in [2.75, 3.05) is 30.9 Å². The molecule has 1 aromatic rings. The first kappa shape index (κ1) is 15.3. The van der Waals surface area contributed by atoms with Crippen molar-refractivity contribution >= 4 is 34.3 Å². The number of thioether (sulfide) groups is 1. The number of hydrogen-bond donors (Lipinski definition) is 1. The Bertz CT molecular complexity index is 393. The maximum atomic E-state index is 11.9. The highest BCUT2D eigenvalue weighted by Gasteiger charge is 2.12. The molecule has 0 aliphatic heterocycles. The van der Waals surface area contributed by atoms with E-state index in [1.165, 1.54) is 16.2 Å². The van der Waals surface area contributed by atoms with Crippen LogP contribution in [0.15, 0.2) is 0 Å². The van der Waals surface area contributed by atoms with Crippen LogP contribution in [-0.4, -0.2) is 41.5 Å². The third kappa shape index (κ3) is 4.49. The van der Waals surface area contributed by atoms with Gasteiger partial charge in [0.25, 0.3) is 0 Å². The molecule has 0 saturated carbocycles. The fourth-order valence-electron chi connectivity index (χ4n) is 1.54. The number of aromatic nitrogens is 1. The second-order valence-corrected chi connectivity index (χ2v) is 6.26. The zero-order chi connectivity index (χ0) is 13.5. The van der Waals surface area contributed by atoms with Crippen LogP contribution < -0.4 is 5.32 Å². The Labute approximate surface area is 117 Å². The highest BCUT2D eigenvalue weighted by molar-refractivity contribution is 7.98. The minimum Gasteiger partial charge on any atom is -0.328 e. The van der Waals surface area contributed by atoms with Crippen molar-refractivity contribution in [3.63, 3.8) is 0 Å². The van der Waals surface area contributed by atoms with Crippen molar-refractivity contribution in [1.82, 2.24) is 9.88 Å². The first-order chi connectivity index (χ1) is 8.58. The molecule has 0 bridgehead atoms. The molecular formula is C12H21N3OS2. The van der Waals surface area contributed by atoms with Crippen LogP contribution in [0.2, 0.25) is 0 Å². The lowest BCUT2D eigenvalue weighted by molar-refractivity contribution is 0.222. The number of nitrogens with one attached hydrogen (secondary N) is 1. The molecule has 4 nitrogen and oxygen atoms in total. The van der Waals surface area contributed by atoms with Crippen molar-refractivity contribution in [3.05, 3.63) is 10.6 Å². The number of anilines is 1. The monoisotopic (exact) mass is 287 g/mol. The summed E-state index contributed by atoms with van der Waals surface area (Å²) in [6.07, 6.45) is 3.99. The van der Waals surface area contributed by atoms with Gasteiger partial charge in [0.1, 0.15) is 0 Å². The molecule has 0 fully saturated rings. The van der Waals surface area contributed by atoms with Crippen molar-refractivity contribution in [1.29, 1.82) is 0 Å². The first-order valence-electron chi connectivity index (χ1n) is 6.05. The van der Waals surface area contributed by atoms with E-state index in [-0.39, 0.29) is 6.03 Å². The fraction of sp³-hybridized carbons (Fsp3) is 0.667. The van der Waals surface area contributed by atoms with Crippen molar-refractivity contribution < 1.29 is 4.79 Å². The Balaban J connectivity index is 2.47. The van der Waals surface area contributed by atoms with E-state index in [0.717, 1.165) is 30.8 Å². The first-order valence-corrected chi connectivity index (χ1v) is 8.26. The van der Waals surface area contributed by atoms with E-state index in [4.69, 9.17) is 0 Å². The lowest BCUT2D eigenvalue weighted by Gasteiger charge is -2.16. The van der Waals surface area contributed by atoms with E-state index in [1.54, 1.807) is 16.7 Å². The van der Waals surface area contributed by atoms with Crippen LogP contribution in [-0.2, 0) is 6.42 Å². The van der Waals surface area contributed by atoms with E-state index in [1.807, 2.05) is 14.0 Å². The summed E-state index contributed by atoms with van der Waals surface area (Å²) >= 11 is 3.34. The average Bonchev–Trinajstić information content (AvgIpc) is 2.69. The largest absolute Gasteiger partial charge is 0.328 e. The molecule has 1 N–H and O–H groups in total. The molecule has 18 heavy (non-hydrogen) atoms. The lowest BCUT2D eigenvalue weighted by atomic mass is 10.3. The van der Waals surface area contributed by atoms with Crippen molar-refractivity contribution in [2.45, 2.75) is 26.7 Å². The van der Waals surface area contributed by atoms with E-state index in [0.29, 0.717) is 5.13 Å². The van der Waals surface area contributed by atoms with E-state index < -0.39 is 0 Å². The second kappa shape index (κ2) is 7.63. The Hall–Kier alpha value is -0.750. The molecule has 2 amide bonds. The van der Waals surface area contributed by atoms with E-state index in [9.17, 15) is 4.79 Å². The number of urea groups is 1. The molecule has 0 saturated heterocycles. The normalized spacial score (nSPS) is 10.4. The number of aryl methyl sites for hydroxylation is 2. The Morgan fingerprint density at radius 1 is 1.56 bits per heavy atom. The van der Waals surface area contributed by atoms with Crippen LogP contribution >= 0.6 is 23.1 Å². The van der Waals surface area contributed by atoms with Gasteiger partial charge in [-0.05, 0) is 31.8 Å². The number of hydrogen-bond acceptors (Lipinski definition) is 4. The van der Waals surface area contributed by atoms with Gasteiger partial charge in [0.05, 0.1) is 5.69 Å². The maximum Gasteiger partial charge on any atom is 0.323 e. The minimum absolute atomic E-state index is 0.0764. The molecular weight excluding hydrogens is 266 g/mol. The maximum absolute atomic E-state index is 11.9. The highest BCUT2D eigenvalue weighted by Crippen LogP contribution is 2.22. The van der Waals surface area contributed by atoms with Gasteiger partial charge in [0.2, 0.25) is 0 Å². The van der Waals surface area contributed by atoms with Gasteiger partial charge in [-0.15, -0.1) is 11.3 Å². The van der Waals surface area contributed by atoms with Gasteiger partial charge >= 0.3 is 6.03 Å². The van der Waals surface area contributed by atoms with Gasteiger partial charge < -0.3 is 4.90 Å². The Morgan fingerprint density at radius 3 is 2.83 bits per heavy atom. The topological polar surface area (TPSA) is 45.2 Å². The van der Waals surface area contributed by atoms with E-state index in [2.05, 4.69) is 23.5 Å². The molecule has 1 rings (SSSR count). The van der Waals surface area contributed by atoms with Crippen LogP contribution in [0.25, 0.3) is 0 Å². The summed E-state index contributed by atoms with van der Waals surface area (Å²) in [6, 6.07) is -0.0764. The number of thiazole rings is 1.